The highest BCUT2D eigenvalue weighted by Gasteiger charge is 2.12. The van der Waals surface area contributed by atoms with Gasteiger partial charge in [-0.25, -0.2) is 4.79 Å². The van der Waals surface area contributed by atoms with Gasteiger partial charge in [0.15, 0.2) is 0 Å². The summed E-state index contributed by atoms with van der Waals surface area (Å²) in [5.41, 5.74) is 0.398. The van der Waals surface area contributed by atoms with E-state index in [9.17, 15) is 4.79 Å². The number of hydrogen-bond donors (Lipinski definition) is 1. The minimum atomic E-state index is -0.436. The monoisotopic (exact) mass is 272 g/mol. The molecule has 2 rings (SSSR count). The van der Waals surface area contributed by atoms with E-state index in [4.69, 9.17) is 14.6 Å². The molecular formula is C16H16O4. The van der Waals surface area contributed by atoms with Crippen molar-refractivity contribution in [3.05, 3.63) is 60.2 Å². The third kappa shape index (κ3) is 4.02. The summed E-state index contributed by atoms with van der Waals surface area (Å²) in [6, 6.07) is 15.3. The fourth-order valence-electron chi connectivity index (χ4n) is 1.61. The van der Waals surface area contributed by atoms with E-state index in [1.54, 1.807) is 6.92 Å². The predicted molar refractivity (Wildman–Crippen MR) is 74.9 cm³/mol. The Hall–Kier alpha value is -2.49. The van der Waals surface area contributed by atoms with Crippen molar-refractivity contribution in [3.8, 4) is 11.5 Å². The number of hydrogen-bond acceptors (Lipinski definition) is 4. The Bertz CT molecular complexity index is 548. The van der Waals surface area contributed by atoms with Crippen LogP contribution in [0.4, 0.5) is 0 Å². The Balaban J connectivity index is 1.83. The molecule has 0 aromatic heterocycles. The molecule has 0 bridgehead atoms. The molecule has 4 heteroatoms. The molecule has 0 aliphatic rings. The van der Waals surface area contributed by atoms with Crippen molar-refractivity contribution >= 4 is 5.97 Å². The van der Waals surface area contributed by atoms with Crippen molar-refractivity contribution in [2.24, 2.45) is 0 Å². The van der Waals surface area contributed by atoms with Gasteiger partial charge < -0.3 is 14.6 Å². The Morgan fingerprint density at radius 3 is 2.40 bits per heavy atom. The Kier molecular flexibility index (Phi) is 4.60. The number of aromatic hydroxyl groups is 1. The summed E-state index contributed by atoms with van der Waals surface area (Å²) < 4.78 is 10.8. The van der Waals surface area contributed by atoms with Crippen LogP contribution in [-0.2, 0) is 4.74 Å². The van der Waals surface area contributed by atoms with E-state index in [0.717, 1.165) is 5.75 Å². The molecule has 0 fully saturated rings. The smallest absolute Gasteiger partial charge is 0.338 e. The van der Waals surface area contributed by atoms with Crippen LogP contribution in [0.1, 0.15) is 17.3 Å². The van der Waals surface area contributed by atoms with Crippen molar-refractivity contribution in [1.29, 1.82) is 0 Å². The molecule has 0 aliphatic carbocycles. The summed E-state index contributed by atoms with van der Waals surface area (Å²) in [5.74, 6) is 0.413. The number of phenols is 1. The first-order valence-electron chi connectivity index (χ1n) is 6.33. The second kappa shape index (κ2) is 6.61. The highest BCUT2D eigenvalue weighted by Crippen LogP contribution is 2.12. The van der Waals surface area contributed by atoms with Crippen LogP contribution in [0.25, 0.3) is 0 Å². The van der Waals surface area contributed by atoms with Gasteiger partial charge in [0, 0.05) is 0 Å². The summed E-state index contributed by atoms with van der Waals surface area (Å²) >= 11 is 0. The lowest BCUT2D eigenvalue weighted by Crippen LogP contribution is -2.22. The second-order valence-electron chi connectivity index (χ2n) is 4.39. The van der Waals surface area contributed by atoms with E-state index in [1.165, 1.54) is 24.3 Å². The van der Waals surface area contributed by atoms with Gasteiger partial charge in [0.25, 0.3) is 0 Å². The average Bonchev–Trinajstić information content (AvgIpc) is 2.47. The molecule has 20 heavy (non-hydrogen) atoms. The normalized spacial score (nSPS) is 11.7. The second-order valence-corrected chi connectivity index (χ2v) is 4.39. The molecule has 0 saturated carbocycles. The summed E-state index contributed by atoms with van der Waals surface area (Å²) in [6.45, 7) is 2.05. The maximum absolute atomic E-state index is 11.8. The number of esters is 1. The quantitative estimate of drug-likeness (QED) is 0.850. The number of ether oxygens (including phenoxy) is 2. The SMILES string of the molecule is CC(COc1ccccc1)OC(=O)c1ccc(O)cc1. The lowest BCUT2D eigenvalue weighted by Gasteiger charge is -2.14. The number of para-hydroxylation sites is 1. The van der Waals surface area contributed by atoms with E-state index in [1.807, 2.05) is 30.3 Å². The first-order valence-corrected chi connectivity index (χ1v) is 6.33. The third-order valence-electron chi connectivity index (χ3n) is 2.64. The fraction of sp³-hybridized carbons (Fsp3) is 0.188. The molecule has 0 spiro atoms. The zero-order valence-corrected chi connectivity index (χ0v) is 11.2. The highest BCUT2D eigenvalue weighted by molar-refractivity contribution is 5.89. The Morgan fingerprint density at radius 1 is 1.10 bits per heavy atom. The number of carbonyl (C=O) groups is 1. The molecule has 0 saturated heterocycles. The van der Waals surface area contributed by atoms with Crippen LogP contribution in [0, 0.1) is 0 Å². The van der Waals surface area contributed by atoms with E-state index in [2.05, 4.69) is 0 Å². The van der Waals surface area contributed by atoms with Crippen LogP contribution in [0.3, 0.4) is 0 Å². The molecule has 104 valence electrons. The van der Waals surface area contributed by atoms with Gasteiger partial charge in [0.1, 0.15) is 24.2 Å². The molecule has 1 unspecified atom stereocenters. The first kappa shape index (κ1) is 13.9. The van der Waals surface area contributed by atoms with Gasteiger partial charge in [0.2, 0.25) is 0 Å². The van der Waals surface area contributed by atoms with Gasteiger partial charge in [-0.05, 0) is 43.3 Å². The van der Waals surface area contributed by atoms with E-state index < -0.39 is 5.97 Å². The molecule has 2 aromatic rings. The van der Waals surface area contributed by atoms with Crippen LogP contribution < -0.4 is 4.74 Å². The van der Waals surface area contributed by atoms with Crippen LogP contribution in [-0.4, -0.2) is 23.8 Å². The van der Waals surface area contributed by atoms with E-state index in [0.29, 0.717) is 5.56 Å². The number of phenolic OH excluding ortho intramolecular Hbond substituents is 1. The number of rotatable bonds is 5. The number of carbonyl (C=O) groups excluding carboxylic acids is 1. The van der Waals surface area contributed by atoms with Gasteiger partial charge in [0.05, 0.1) is 5.56 Å². The maximum Gasteiger partial charge on any atom is 0.338 e. The van der Waals surface area contributed by atoms with Crippen LogP contribution in [0.2, 0.25) is 0 Å². The molecular weight excluding hydrogens is 256 g/mol. The van der Waals surface area contributed by atoms with Crippen molar-refractivity contribution in [1.82, 2.24) is 0 Å². The Morgan fingerprint density at radius 2 is 1.75 bits per heavy atom. The van der Waals surface area contributed by atoms with Gasteiger partial charge in [-0.1, -0.05) is 18.2 Å². The van der Waals surface area contributed by atoms with Crippen molar-refractivity contribution in [2.75, 3.05) is 6.61 Å². The molecule has 0 radical (unpaired) electrons. The largest absolute Gasteiger partial charge is 0.508 e. The fourth-order valence-corrected chi connectivity index (χ4v) is 1.61. The predicted octanol–water partition coefficient (Wildman–Crippen LogP) is 3.02. The molecule has 0 heterocycles. The average molecular weight is 272 g/mol. The molecule has 0 aliphatic heterocycles. The highest BCUT2D eigenvalue weighted by atomic mass is 16.6. The topological polar surface area (TPSA) is 55.8 Å². The van der Waals surface area contributed by atoms with Crippen LogP contribution >= 0.6 is 0 Å². The summed E-state index contributed by atoms with van der Waals surface area (Å²) in [4.78, 5) is 11.8. The van der Waals surface area contributed by atoms with Crippen molar-refractivity contribution < 1.29 is 19.4 Å². The molecule has 1 atom stereocenters. The van der Waals surface area contributed by atoms with Crippen molar-refractivity contribution in [2.45, 2.75) is 13.0 Å². The summed E-state index contributed by atoms with van der Waals surface area (Å²) in [6.07, 6.45) is -0.364. The zero-order valence-electron chi connectivity index (χ0n) is 11.2. The van der Waals surface area contributed by atoms with Crippen molar-refractivity contribution in [3.63, 3.8) is 0 Å². The van der Waals surface area contributed by atoms with E-state index >= 15 is 0 Å². The molecule has 4 nitrogen and oxygen atoms in total. The minimum Gasteiger partial charge on any atom is -0.508 e. The summed E-state index contributed by atoms with van der Waals surface area (Å²) in [5, 5.41) is 9.16. The lowest BCUT2D eigenvalue weighted by molar-refractivity contribution is 0.0228. The van der Waals surface area contributed by atoms with Gasteiger partial charge in [-0.2, -0.15) is 0 Å². The van der Waals surface area contributed by atoms with Gasteiger partial charge in [-0.3, -0.25) is 0 Å². The minimum absolute atomic E-state index is 0.113. The zero-order chi connectivity index (χ0) is 14.4. The standard InChI is InChI=1S/C16H16O4/c1-12(11-19-15-5-3-2-4-6-15)20-16(18)13-7-9-14(17)10-8-13/h2-10,12,17H,11H2,1H3. The van der Waals surface area contributed by atoms with Gasteiger partial charge in [-0.15, -0.1) is 0 Å². The molecule has 0 amide bonds. The molecule has 2 aromatic carbocycles. The van der Waals surface area contributed by atoms with Crippen LogP contribution in [0.5, 0.6) is 11.5 Å². The summed E-state index contributed by atoms with van der Waals surface area (Å²) in [7, 11) is 0. The van der Waals surface area contributed by atoms with Gasteiger partial charge >= 0.3 is 5.97 Å². The number of benzene rings is 2. The lowest BCUT2D eigenvalue weighted by atomic mass is 10.2. The third-order valence-corrected chi connectivity index (χ3v) is 2.64. The first-order chi connectivity index (χ1) is 9.65. The van der Waals surface area contributed by atoms with E-state index in [-0.39, 0.29) is 18.5 Å². The maximum atomic E-state index is 11.8. The van der Waals surface area contributed by atoms with Crippen LogP contribution in [0.15, 0.2) is 54.6 Å². The molecule has 1 N–H and O–H groups in total. The Labute approximate surface area is 117 Å².